The maximum atomic E-state index is 13.6. The second-order valence-corrected chi connectivity index (χ2v) is 9.56. The highest BCUT2D eigenvalue weighted by atomic mass is 35.5. The number of nitrogens with zero attached hydrogens (tertiary/aromatic N) is 1. The summed E-state index contributed by atoms with van der Waals surface area (Å²) in [6, 6.07) is 20.4. The van der Waals surface area contributed by atoms with E-state index in [4.69, 9.17) is 21.1 Å². The van der Waals surface area contributed by atoms with Crippen LogP contribution in [0.4, 0.5) is 5.69 Å². The van der Waals surface area contributed by atoms with Crippen molar-refractivity contribution < 1.29 is 19.1 Å². The minimum atomic E-state index is -0.421. The molecule has 0 aliphatic carbocycles. The Bertz CT molecular complexity index is 1210. The number of fused-ring (bicyclic) bond motifs is 2. The number of hydrogen-bond donors (Lipinski definition) is 0. The fourth-order valence-corrected chi connectivity index (χ4v) is 5.32. The van der Waals surface area contributed by atoms with Crippen molar-refractivity contribution in [3.05, 3.63) is 88.4 Å². The average Bonchev–Trinajstić information content (AvgIpc) is 3.31. The summed E-state index contributed by atoms with van der Waals surface area (Å²) >= 11 is 7.71. The van der Waals surface area contributed by atoms with Gasteiger partial charge in [0, 0.05) is 21.4 Å². The summed E-state index contributed by atoms with van der Waals surface area (Å²) < 4.78 is 11.0. The van der Waals surface area contributed by atoms with E-state index in [0.717, 1.165) is 28.2 Å². The number of hydrogen-bond acceptors (Lipinski definition) is 5. The van der Waals surface area contributed by atoms with Gasteiger partial charge in [0.05, 0.1) is 29.5 Å². The Morgan fingerprint density at radius 1 is 1.09 bits per heavy atom. The molecule has 3 aromatic rings. The molecule has 0 unspecified atom stereocenters. The van der Waals surface area contributed by atoms with E-state index in [-0.39, 0.29) is 18.6 Å². The number of rotatable bonds is 5. The molecule has 5 nitrogen and oxygen atoms in total. The molecule has 1 atom stereocenters. The molecule has 5 rings (SSSR count). The van der Waals surface area contributed by atoms with E-state index in [1.54, 1.807) is 23.1 Å². The summed E-state index contributed by atoms with van der Waals surface area (Å²) in [7, 11) is 0. The second kappa shape index (κ2) is 9.59. The first-order chi connectivity index (χ1) is 16.1. The largest absolute Gasteiger partial charge is 0.459 e. The van der Waals surface area contributed by atoms with Gasteiger partial charge in [0.1, 0.15) is 6.61 Å². The molecule has 7 heteroatoms. The molecule has 3 aromatic carbocycles. The Labute approximate surface area is 201 Å². The van der Waals surface area contributed by atoms with Crippen LogP contribution in [-0.4, -0.2) is 31.2 Å². The van der Waals surface area contributed by atoms with Crippen molar-refractivity contribution >= 4 is 40.9 Å². The third-order valence-electron chi connectivity index (χ3n) is 5.72. The van der Waals surface area contributed by atoms with Crippen molar-refractivity contribution in [3.63, 3.8) is 0 Å². The number of ether oxygens (including phenoxy) is 2. The summed E-state index contributed by atoms with van der Waals surface area (Å²) in [5.74, 6) is -0.545. The molecule has 1 saturated heterocycles. The van der Waals surface area contributed by atoms with Gasteiger partial charge in [-0.15, -0.1) is 0 Å². The molecule has 0 bridgehead atoms. The zero-order chi connectivity index (χ0) is 22.8. The first-order valence-corrected chi connectivity index (χ1v) is 12.0. The normalized spacial score (nSPS) is 17.3. The van der Waals surface area contributed by atoms with Crippen LogP contribution in [-0.2, 0) is 16.0 Å². The standard InChI is InChI=1S/C26H22ClNO4S/c27-19-6-3-5-17(13-19)15-28-22-14-18(26(30)32-16-20-7-4-12-31-20)10-11-24(22)33-23-9-2-1-8-21(23)25(28)29/h1-3,5-6,8-11,13-14,20H,4,7,12,15-16H2/t20-/m1/s1. The second-order valence-electron chi connectivity index (χ2n) is 8.04. The van der Waals surface area contributed by atoms with Crippen LogP contribution < -0.4 is 4.90 Å². The molecule has 0 N–H and O–H groups in total. The molecule has 33 heavy (non-hydrogen) atoms. The van der Waals surface area contributed by atoms with E-state index in [1.807, 2.05) is 48.5 Å². The van der Waals surface area contributed by atoms with Gasteiger partial charge in [0.15, 0.2) is 0 Å². The Morgan fingerprint density at radius 2 is 1.97 bits per heavy atom. The SMILES string of the molecule is O=C(OC[C@H]1CCCO1)c1ccc2c(c1)N(Cc1cccc(Cl)c1)C(=O)c1ccccc1S2. The topological polar surface area (TPSA) is 55.8 Å². The lowest BCUT2D eigenvalue weighted by molar-refractivity contribution is 0.0161. The monoisotopic (exact) mass is 479 g/mol. The third kappa shape index (κ3) is 4.78. The van der Waals surface area contributed by atoms with Crippen LogP contribution in [0.5, 0.6) is 0 Å². The van der Waals surface area contributed by atoms with Gasteiger partial charge in [-0.25, -0.2) is 4.79 Å². The highest BCUT2D eigenvalue weighted by Crippen LogP contribution is 2.42. The van der Waals surface area contributed by atoms with Gasteiger partial charge in [-0.3, -0.25) is 4.79 Å². The zero-order valence-electron chi connectivity index (χ0n) is 17.8. The third-order valence-corrected chi connectivity index (χ3v) is 7.10. The lowest BCUT2D eigenvalue weighted by Crippen LogP contribution is -2.30. The van der Waals surface area contributed by atoms with Crippen molar-refractivity contribution in [1.82, 2.24) is 0 Å². The molecule has 2 aliphatic heterocycles. The molecule has 0 aromatic heterocycles. The highest BCUT2D eigenvalue weighted by Gasteiger charge is 2.28. The van der Waals surface area contributed by atoms with E-state index < -0.39 is 5.97 Å². The van der Waals surface area contributed by atoms with Gasteiger partial charge < -0.3 is 14.4 Å². The molecular weight excluding hydrogens is 458 g/mol. The molecule has 168 valence electrons. The van der Waals surface area contributed by atoms with Crippen molar-refractivity contribution in [1.29, 1.82) is 0 Å². The maximum absolute atomic E-state index is 13.6. The summed E-state index contributed by atoms with van der Waals surface area (Å²) in [6.45, 7) is 1.27. The predicted octanol–water partition coefficient (Wildman–Crippen LogP) is 5.99. The number of benzene rings is 3. The fraction of sp³-hybridized carbons (Fsp3) is 0.231. The first-order valence-electron chi connectivity index (χ1n) is 10.8. The number of carbonyl (C=O) groups excluding carboxylic acids is 2. The van der Waals surface area contributed by atoms with Crippen LogP contribution in [0.3, 0.4) is 0 Å². The number of esters is 1. The fourth-order valence-electron chi connectivity index (χ4n) is 4.05. The van der Waals surface area contributed by atoms with Crippen LogP contribution in [0, 0.1) is 0 Å². The van der Waals surface area contributed by atoms with Crippen LogP contribution >= 0.6 is 23.4 Å². The summed E-state index contributed by atoms with van der Waals surface area (Å²) in [6.07, 6.45) is 1.84. The van der Waals surface area contributed by atoms with E-state index in [9.17, 15) is 9.59 Å². The van der Waals surface area contributed by atoms with Gasteiger partial charge in [-0.2, -0.15) is 0 Å². The lowest BCUT2D eigenvalue weighted by Gasteiger charge is -2.24. The van der Waals surface area contributed by atoms with Gasteiger partial charge in [0.2, 0.25) is 0 Å². The summed E-state index contributed by atoms with van der Waals surface area (Å²) in [4.78, 5) is 29.9. The van der Waals surface area contributed by atoms with Crippen molar-refractivity contribution in [2.45, 2.75) is 35.3 Å². The summed E-state index contributed by atoms with van der Waals surface area (Å²) in [5.41, 5.74) is 2.61. The molecule has 0 saturated carbocycles. The number of amides is 1. The van der Waals surface area contributed by atoms with Crippen molar-refractivity contribution in [3.8, 4) is 0 Å². The predicted molar refractivity (Wildman–Crippen MR) is 128 cm³/mol. The Hall–Kier alpha value is -2.80. The van der Waals surface area contributed by atoms with E-state index in [1.165, 1.54) is 11.8 Å². The van der Waals surface area contributed by atoms with E-state index >= 15 is 0 Å². The highest BCUT2D eigenvalue weighted by molar-refractivity contribution is 7.99. The van der Waals surface area contributed by atoms with E-state index in [0.29, 0.717) is 35.0 Å². The first kappa shape index (κ1) is 22.0. The minimum Gasteiger partial charge on any atom is -0.459 e. The number of anilines is 1. The van der Waals surface area contributed by atoms with Gasteiger partial charge in [-0.05, 0) is 60.9 Å². The Balaban J connectivity index is 1.49. The quantitative estimate of drug-likeness (QED) is 0.421. The average molecular weight is 480 g/mol. The molecule has 0 radical (unpaired) electrons. The Kier molecular flexibility index (Phi) is 6.40. The molecule has 1 fully saturated rings. The van der Waals surface area contributed by atoms with Gasteiger partial charge >= 0.3 is 5.97 Å². The smallest absolute Gasteiger partial charge is 0.338 e. The number of carbonyl (C=O) groups is 2. The van der Waals surface area contributed by atoms with Crippen molar-refractivity contribution in [2.75, 3.05) is 18.1 Å². The summed E-state index contributed by atoms with van der Waals surface area (Å²) in [5, 5.41) is 0.608. The van der Waals surface area contributed by atoms with Crippen LogP contribution in [0.1, 0.15) is 39.1 Å². The lowest BCUT2D eigenvalue weighted by atomic mass is 10.1. The Morgan fingerprint density at radius 3 is 2.79 bits per heavy atom. The van der Waals surface area contributed by atoms with Crippen LogP contribution in [0.15, 0.2) is 76.5 Å². The van der Waals surface area contributed by atoms with Gasteiger partial charge in [-0.1, -0.05) is 47.6 Å². The van der Waals surface area contributed by atoms with Gasteiger partial charge in [0.25, 0.3) is 5.91 Å². The number of halogens is 1. The molecule has 1 amide bonds. The molecular formula is C26H22ClNO4S. The van der Waals surface area contributed by atoms with Crippen LogP contribution in [0.25, 0.3) is 0 Å². The van der Waals surface area contributed by atoms with Crippen molar-refractivity contribution in [2.24, 2.45) is 0 Å². The molecule has 0 spiro atoms. The van der Waals surface area contributed by atoms with Crippen LogP contribution in [0.2, 0.25) is 5.02 Å². The van der Waals surface area contributed by atoms with E-state index in [2.05, 4.69) is 0 Å². The minimum absolute atomic E-state index is 0.0410. The molecule has 2 aliphatic rings. The molecule has 2 heterocycles. The zero-order valence-corrected chi connectivity index (χ0v) is 19.4. The maximum Gasteiger partial charge on any atom is 0.338 e.